The Balaban J connectivity index is 2.02. The van der Waals surface area contributed by atoms with Gasteiger partial charge in [-0.15, -0.1) is 0 Å². The minimum Gasteiger partial charge on any atom is -0.410 e. The van der Waals surface area contributed by atoms with E-state index in [0.717, 1.165) is 5.69 Å². The normalized spacial score (nSPS) is 11.0. The van der Waals surface area contributed by atoms with E-state index in [1.54, 1.807) is 49.4 Å². The van der Waals surface area contributed by atoms with Gasteiger partial charge in [0.05, 0.1) is 11.1 Å². The Morgan fingerprint density at radius 3 is 2.61 bits per heavy atom. The van der Waals surface area contributed by atoms with Gasteiger partial charge in [-0.2, -0.15) is 5.26 Å². The molecule has 0 fully saturated rings. The van der Waals surface area contributed by atoms with Crippen LogP contribution in [0.2, 0.25) is 0 Å². The monoisotopic (exact) mass is 325 g/mol. The van der Waals surface area contributed by atoms with Gasteiger partial charge in [-0.3, -0.25) is 0 Å². The number of anilines is 1. The van der Waals surface area contributed by atoms with Gasteiger partial charge >= 0.3 is 6.09 Å². The summed E-state index contributed by atoms with van der Waals surface area (Å²) in [6, 6.07) is 17.1. The molecular formula is C17H15N3O2S. The number of carbonyl (C=O) groups is 1. The SMILES string of the molecule is CC(=S)Nc1cccc(OC(=O)NC(C#N)c2ccccc2)c1. The van der Waals surface area contributed by atoms with Crippen molar-refractivity contribution >= 4 is 29.0 Å². The molecule has 1 amide bonds. The fourth-order valence-electron chi connectivity index (χ4n) is 1.93. The Bertz CT molecular complexity index is 741. The summed E-state index contributed by atoms with van der Waals surface area (Å²) in [5.41, 5.74) is 1.42. The van der Waals surface area contributed by atoms with E-state index in [1.165, 1.54) is 0 Å². The fourth-order valence-corrected chi connectivity index (χ4v) is 2.05. The van der Waals surface area contributed by atoms with E-state index in [2.05, 4.69) is 10.6 Å². The van der Waals surface area contributed by atoms with Gasteiger partial charge in [0.1, 0.15) is 11.8 Å². The van der Waals surface area contributed by atoms with Crippen molar-refractivity contribution in [2.24, 2.45) is 0 Å². The van der Waals surface area contributed by atoms with E-state index in [0.29, 0.717) is 16.3 Å². The smallest absolute Gasteiger partial charge is 0.410 e. The third kappa shape index (κ3) is 5.09. The molecule has 0 aromatic heterocycles. The van der Waals surface area contributed by atoms with Crippen LogP contribution in [0, 0.1) is 11.3 Å². The first-order valence-corrected chi connectivity index (χ1v) is 7.30. The Labute approximate surface area is 139 Å². The van der Waals surface area contributed by atoms with Crippen LogP contribution in [0.1, 0.15) is 18.5 Å². The molecule has 116 valence electrons. The maximum absolute atomic E-state index is 12.0. The summed E-state index contributed by atoms with van der Waals surface area (Å²) in [5.74, 6) is 0.355. The molecule has 0 aliphatic carbocycles. The highest BCUT2D eigenvalue weighted by atomic mass is 32.1. The minimum absolute atomic E-state index is 0.355. The number of nitrogens with one attached hydrogen (secondary N) is 2. The Hall–Kier alpha value is -2.91. The fraction of sp³-hybridized carbons (Fsp3) is 0.118. The van der Waals surface area contributed by atoms with E-state index in [-0.39, 0.29) is 0 Å². The summed E-state index contributed by atoms with van der Waals surface area (Å²) in [6.07, 6.45) is -0.698. The van der Waals surface area contributed by atoms with Crippen molar-refractivity contribution in [3.8, 4) is 11.8 Å². The lowest BCUT2D eigenvalue weighted by Crippen LogP contribution is -2.30. The number of rotatable bonds is 4. The van der Waals surface area contributed by atoms with Gasteiger partial charge < -0.3 is 15.4 Å². The zero-order valence-corrected chi connectivity index (χ0v) is 13.3. The van der Waals surface area contributed by atoms with Crippen molar-refractivity contribution in [3.63, 3.8) is 0 Å². The van der Waals surface area contributed by atoms with Gasteiger partial charge in [-0.1, -0.05) is 48.6 Å². The number of benzene rings is 2. The molecule has 2 aromatic rings. The molecular weight excluding hydrogens is 310 g/mol. The number of nitriles is 1. The highest BCUT2D eigenvalue weighted by Gasteiger charge is 2.15. The highest BCUT2D eigenvalue weighted by Crippen LogP contribution is 2.18. The molecule has 23 heavy (non-hydrogen) atoms. The van der Waals surface area contributed by atoms with Gasteiger partial charge in [-0.05, 0) is 24.6 Å². The average molecular weight is 325 g/mol. The number of amides is 1. The molecule has 2 aromatic carbocycles. The van der Waals surface area contributed by atoms with Crippen LogP contribution < -0.4 is 15.4 Å². The lowest BCUT2D eigenvalue weighted by Gasteiger charge is -2.12. The standard InChI is InChI=1S/C17H15N3O2S/c1-12(23)19-14-8-5-9-15(10-14)22-17(21)20-16(11-18)13-6-3-2-4-7-13/h2-10,16H,1H3,(H,19,23)(H,20,21). The summed E-state index contributed by atoms with van der Waals surface area (Å²) >= 11 is 4.97. The van der Waals surface area contributed by atoms with E-state index in [4.69, 9.17) is 17.0 Å². The van der Waals surface area contributed by atoms with E-state index in [9.17, 15) is 10.1 Å². The van der Waals surface area contributed by atoms with Crippen LogP contribution in [-0.4, -0.2) is 11.1 Å². The molecule has 0 saturated carbocycles. The summed E-state index contributed by atoms with van der Waals surface area (Å²) < 4.78 is 5.21. The molecule has 2 rings (SSSR count). The first kappa shape index (κ1) is 16.5. The van der Waals surface area contributed by atoms with Crippen LogP contribution in [0.4, 0.5) is 10.5 Å². The number of thiocarbonyl (C=S) groups is 1. The molecule has 0 aliphatic rings. The lowest BCUT2D eigenvalue weighted by atomic mass is 10.1. The molecule has 6 heteroatoms. The van der Waals surface area contributed by atoms with Crippen molar-refractivity contribution in [2.45, 2.75) is 13.0 Å². The predicted octanol–water partition coefficient (Wildman–Crippen LogP) is 3.80. The van der Waals surface area contributed by atoms with Crippen molar-refractivity contribution in [1.82, 2.24) is 5.32 Å². The number of ether oxygens (including phenoxy) is 1. The molecule has 0 aliphatic heterocycles. The number of nitrogens with zero attached hydrogens (tertiary/aromatic N) is 1. The molecule has 0 saturated heterocycles. The summed E-state index contributed by atoms with van der Waals surface area (Å²) in [7, 11) is 0. The van der Waals surface area contributed by atoms with Crippen LogP contribution >= 0.6 is 12.2 Å². The van der Waals surface area contributed by atoms with Crippen LogP contribution in [0.25, 0.3) is 0 Å². The molecule has 1 unspecified atom stereocenters. The third-order valence-corrected chi connectivity index (χ3v) is 2.99. The van der Waals surface area contributed by atoms with Gasteiger partial charge in [0.2, 0.25) is 0 Å². The maximum atomic E-state index is 12.0. The lowest BCUT2D eigenvalue weighted by molar-refractivity contribution is 0.198. The van der Waals surface area contributed by atoms with Crippen LogP contribution in [0.5, 0.6) is 5.75 Å². The number of hydrogen-bond acceptors (Lipinski definition) is 4. The Morgan fingerprint density at radius 1 is 1.22 bits per heavy atom. The van der Waals surface area contributed by atoms with Crippen molar-refractivity contribution in [1.29, 1.82) is 5.26 Å². The summed E-state index contributed by atoms with van der Waals surface area (Å²) in [4.78, 5) is 12.6. The first-order valence-electron chi connectivity index (χ1n) is 6.89. The second-order valence-corrected chi connectivity index (χ2v) is 5.33. The van der Waals surface area contributed by atoms with E-state index < -0.39 is 12.1 Å². The molecule has 0 spiro atoms. The van der Waals surface area contributed by atoms with Gasteiger partial charge in [0.15, 0.2) is 0 Å². The van der Waals surface area contributed by atoms with Crippen LogP contribution in [0.3, 0.4) is 0 Å². The van der Waals surface area contributed by atoms with Crippen LogP contribution in [-0.2, 0) is 0 Å². The van der Waals surface area contributed by atoms with Gasteiger partial charge in [0, 0.05) is 11.8 Å². The van der Waals surface area contributed by atoms with Crippen molar-refractivity contribution in [3.05, 3.63) is 60.2 Å². The highest BCUT2D eigenvalue weighted by molar-refractivity contribution is 7.80. The predicted molar refractivity (Wildman–Crippen MR) is 92.3 cm³/mol. The zero-order valence-electron chi connectivity index (χ0n) is 12.4. The van der Waals surface area contributed by atoms with E-state index in [1.807, 2.05) is 18.2 Å². The zero-order chi connectivity index (χ0) is 16.7. The first-order chi connectivity index (χ1) is 11.1. The number of hydrogen-bond donors (Lipinski definition) is 2. The number of carbonyl (C=O) groups excluding carboxylic acids is 1. The maximum Gasteiger partial charge on any atom is 0.413 e. The molecule has 0 bridgehead atoms. The summed E-state index contributed by atoms with van der Waals surface area (Å²) in [6.45, 7) is 1.76. The minimum atomic E-state index is -0.770. The van der Waals surface area contributed by atoms with Crippen molar-refractivity contribution < 1.29 is 9.53 Å². The van der Waals surface area contributed by atoms with Crippen molar-refractivity contribution in [2.75, 3.05) is 5.32 Å². The van der Waals surface area contributed by atoms with E-state index >= 15 is 0 Å². The average Bonchev–Trinajstić information content (AvgIpc) is 2.53. The second kappa shape index (κ2) is 7.92. The Morgan fingerprint density at radius 2 is 1.96 bits per heavy atom. The molecule has 1 atom stereocenters. The molecule has 2 N–H and O–H groups in total. The Kier molecular flexibility index (Phi) is 5.67. The molecule has 0 heterocycles. The summed E-state index contributed by atoms with van der Waals surface area (Å²) in [5, 5.41) is 14.7. The quantitative estimate of drug-likeness (QED) is 0.836. The molecule has 0 radical (unpaired) electrons. The third-order valence-electron chi connectivity index (χ3n) is 2.89. The second-order valence-electron chi connectivity index (χ2n) is 4.72. The van der Waals surface area contributed by atoms with Gasteiger partial charge in [-0.25, -0.2) is 4.79 Å². The molecule has 5 nitrogen and oxygen atoms in total. The van der Waals surface area contributed by atoms with Gasteiger partial charge in [0.25, 0.3) is 0 Å². The van der Waals surface area contributed by atoms with Crippen LogP contribution in [0.15, 0.2) is 54.6 Å². The largest absolute Gasteiger partial charge is 0.413 e. The topological polar surface area (TPSA) is 74.2 Å².